The van der Waals surface area contributed by atoms with E-state index in [2.05, 4.69) is 68.4 Å². The topological polar surface area (TPSA) is 35.5 Å². The molecule has 3 heteroatoms. The van der Waals surface area contributed by atoms with E-state index in [4.69, 9.17) is 9.47 Å². The van der Waals surface area contributed by atoms with Gasteiger partial charge in [0.25, 0.3) is 0 Å². The maximum atomic E-state index is 11.8. The number of rotatable bonds is 8. The van der Waals surface area contributed by atoms with Gasteiger partial charge in [0.05, 0.1) is 6.61 Å². The summed E-state index contributed by atoms with van der Waals surface area (Å²) in [6, 6.07) is 4.09. The molecule has 0 fully saturated rings. The van der Waals surface area contributed by atoms with Gasteiger partial charge in [-0.3, -0.25) is 4.79 Å². The molecule has 0 radical (unpaired) electrons. The Morgan fingerprint density at radius 3 is 1.90 bits per heavy atom. The number of allylic oxidation sites excluding steroid dienone is 2. The van der Waals surface area contributed by atoms with E-state index in [9.17, 15) is 4.79 Å². The van der Waals surface area contributed by atoms with Crippen molar-refractivity contribution in [3.05, 3.63) is 34.9 Å². The highest BCUT2D eigenvalue weighted by atomic mass is 16.5. The van der Waals surface area contributed by atoms with Gasteiger partial charge in [-0.1, -0.05) is 60.1 Å². The smallest absolute Gasteiger partial charge is 0.308 e. The SMILES string of the molecule is CC(=O)Oc1c(C(C)(C)C)cc(OCCC(C)CCC=C(C)C)cc1C(C)(C)C. The first-order chi connectivity index (χ1) is 13.2. The summed E-state index contributed by atoms with van der Waals surface area (Å²) in [5.41, 5.74) is 3.06. The number of carbonyl (C=O) groups excluding carboxylic acids is 1. The molecule has 1 rings (SSSR count). The van der Waals surface area contributed by atoms with Gasteiger partial charge < -0.3 is 9.47 Å². The van der Waals surface area contributed by atoms with Gasteiger partial charge in [0.1, 0.15) is 11.5 Å². The maximum Gasteiger partial charge on any atom is 0.308 e. The second-order valence-corrected chi connectivity index (χ2v) is 10.5. The monoisotopic (exact) mass is 402 g/mol. The molecule has 0 aliphatic carbocycles. The molecule has 0 aliphatic heterocycles. The molecular weight excluding hydrogens is 360 g/mol. The van der Waals surface area contributed by atoms with Crippen LogP contribution in [-0.2, 0) is 15.6 Å². The van der Waals surface area contributed by atoms with Gasteiger partial charge in [0.15, 0.2) is 0 Å². The highest BCUT2D eigenvalue weighted by molar-refractivity contribution is 5.71. The summed E-state index contributed by atoms with van der Waals surface area (Å²) in [6.45, 7) is 21.5. The molecule has 0 spiro atoms. The van der Waals surface area contributed by atoms with Crippen LogP contribution in [0.4, 0.5) is 0 Å². The van der Waals surface area contributed by atoms with Crippen molar-refractivity contribution in [1.29, 1.82) is 0 Å². The Kier molecular flexibility index (Phi) is 8.99. The van der Waals surface area contributed by atoms with Gasteiger partial charge in [-0.25, -0.2) is 0 Å². The molecule has 1 aromatic carbocycles. The van der Waals surface area contributed by atoms with Crippen LogP contribution in [0.2, 0.25) is 0 Å². The lowest BCUT2D eigenvalue weighted by molar-refractivity contribution is -0.132. The van der Waals surface area contributed by atoms with E-state index in [1.54, 1.807) is 0 Å². The molecule has 0 aliphatic rings. The van der Waals surface area contributed by atoms with Crippen molar-refractivity contribution in [3.8, 4) is 11.5 Å². The van der Waals surface area contributed by atoms with Crippen LogP contribution in [0.5, 0.6) is 11.5 Å². The third-order valence-electron chi connectivity index (χ3n) is 5.02. The zero-order chi connectivity index (χ0) is 22.4. The lowest BCUT2D eigenvalue weighted by Crippen LogP contribution is -2.21. The zero-order valence-corrected chi connectivity index (χ0v) is 20.4. The Morgan fingerprint density at radius 2 is 1.48 bits per heavy atom. The van der Waals surface area contributed by atoms with Crippen LogP contribution in [0.1, 0.15) is 99.6 Å². The Labute approximate surface area is 178 Å². The molecule has 1 atom stereocenters. The van der Waals surface area contributed by atoms with Gasteiger partial charge in [0, 0.05) is 18.1 Å². The summed E-state index contributed by atoms with van der Waals surface area (Å²) in [6.07, 6.45) is 5.64. The highest BCUT2D eigenvalue weighted by Crippen LogP contribution is 2.42. The Balaban J connectivity index is 3.07. The van der Waals surface area contributed by atoms with E-state index in [1.165, 1.54) is 18.9 Å². The quantitative estimate of drug-likeness (QED) is 0.259. The van der Waals surface area contributed by atoms with Crippen molar-refractivity contribution in [2.75, 3.05) is 6.61 Å². The molecule has 0 bridgehead atoms. The average Bonchev–Trinajstić information content (AvgIpc) is 2.52. The van der Waals surface area contributed by atoms with Crippen molar-refractivity contribution < 1.29 is 14.3 Å². The third kappa shape index (κ3) is 8.64. The molecule has 3 nitrogen and oxygen atoms in total. The van der Waals surface area contributed by atoms with E-state index >= 15 is 0 Å². The first kappa shape index (κ1) is 25.3. The predicted octanol–water partition coefficient (Wildman–Crippen LogP) is 7.36. The average molecular weight is 403 g/mol. The van der Waals surface area contributed by atoms with Crippen LogP contribution in [0.3, 0.4) is 0 Å². The lowest BCUT2D eigenvalue weighted by Gasteiger charge is -2.30. The van der Waals surface area contributed by atoms with Gasteiger partial charge in [-0.2, -0.15) is 0 Å². The second-order valence-electron chi connectivity index (χ2n) is 10.5. The van der Waals surface area contributed by atoms with E-state index < -0.39 is 0 Å². The largest absolute Gasteiger partial charge is 0.494 e. The lowest BCUT2D eigenvalue weighted by atomic mass is 9.79. The fourth-order valence-corrected chi connectivity index (χ4v) is 3.23. The summed E-state index contributed by atoms with van der Waals surface area (Å²) in [7, 11) is 0. The summed E-state index contributed by atoms with van der Waals surface area (Å²) >= 11 is 0. The maximum absolute atomic E-state index is 11.8. The molecule has 29 heavy (non-hydrogen) atoms. The van der Waals surface area contributed by atoms with Crippen molar-refractivity contribution in [3.63, 3.8) is 0 Å². The normalized spacial score (nSPS) is 13.0. The molecule has 1 unspecified atom stereocenters. The van der Waals surface area contributed by atoms with Crippen molar-refractivity contribution in [2.24, 2.45) is 5.92 Å². The molecule has 0 N–H and O–H groups in total. The molecule has 164 valence electrons. The number of carbonyl (C=O) groups is 1. The first-order valence-electron chi connectivity index (χ1n) is 10.9. The second kappa shape index (κ2) is 10.3. The van der Waals surface area contributed by atoms with Gasteiger partial charge >= 0.3 is 5.97 Å². The summed E-state index contributed by atoms with van der Waals surface area (Å²) in [4.78, 5) is 11.8. The number of hydrogen-bond donors (Lipinski definition) is 0. The van der Waals surface area contributed by atoms with Crippen LogP contribution in [0, 0.1) is 5.92 Å². The van der Waals surface area contributed by atoms with E-state index in [0.29, 0.717) is 18.3 Å². The Bertz CT molecular complexity index is 675. The fourth-order valence-electron chi connectivity index (χ4n) is 3.23. The molecule has 1 aromatic rings. The molecule has 0 aromatic heterocycles. The van der Waals surface area contributed by atoms with Crippen LogP contribution in [-0.4, -0.2) is 12.6 Å². The number of hydrogen-bond acceptors (Lipinski definition) is 3. The van der Waals surface area contributed by atoms with Crippen LogP contribution in [0.25, 0.3) is 0 Å². The summed E-state index contributed by atoms with van der Waals surface area (Å²) in [5.74, 6) is 1.86. The number of ether oxygens (including phenoxy) is 2. The first-order valence-corrected chi connectivity index (χ1v) is 10.9. The van der Waals surface area contributed by atoms with E-state index in [1.807, 2.05) is 12.1 Å². The van der Waals surface area contributed by atoms with Crippen LogP contribution in [0.15, 0.2) is 23.8 Å². The van der Waals surface area contributed by atoms with Gasteiger partial charge in [0.2, 0.25) is 0 Å². The summed E-state index contributed by atoms with van der Waals surface area (Å²) < 4.78 is 11.9. The van der Waals surface area contributed by atoms with E-state index in [0.717, 1.165) is 29.7 Å². The van der Waals surface area contributed by atoms with Crippen molar-refractivity contribution in [1.82, 2.24) is 0 Å². The molecular formula is C26H42O3. The van der Waals surface area contributed by atoms with Gasteiger partial charge in [-0.05, 0) is 62.0 Å². The van der Waals surface area contributed by atoms with Crippen molar-refractivity contribution >= 4 is 5.97 Å². The van der Waals surface area contributed by atoms with Gasteiger partial charge in [-0.15, -0.1) is 0 Å². The fraction of sp³-hybridized carbons (Fsp3) is 0.654. The van der Waals surface area contributed by atoms with Crippen LogP contribution < -0.4 is 9.47 Å². The Hall–Kier alpha value is -1.77. The standard InChI is InChI=1S/C26H42O3/c1-18(2)12-11-13-19(3)14-15-28-21-16-22(25(5,6)7)24(29-20(4)27)23(17-21)26(8,9)10/h12,16-17,19H,11,13-15H2,1-10H3. The minimum absolute atomic E-state index is 0.165. The number of esters is 1. The van der Waals surface area contributed by atoms with E-state index in [-0.39, 0.29) is 16.8 Å². The van der Waals surface area contributed by atoms with Crippen molar-refractivity contribution in [2.45, 2.75) is 99.3 Å². The molecule has 0 amide bonds. The molecule has 0 saturated carbocycles. The zero-order valence-electron chi connectivity index (χ0n) is 20.4. The predicted molar refractivity (Wildman–Crippen MR) is 123 cm³/mol. The molecule has 0 saturated heterocycles. The van der Waals surface area contributed by atoms with Crippen LogP contribution >= 0.6 is 0 Å². The number of benzene rings is 1. The minimum Gasteiger partial charge on any atom is -0.494 e. The summed E-state index contributed by atoms with van der Waals surface area (Å²) in [5, 5.41) is 0. The Morgan fingerprint density at radius 1 is 0.966 bits per heavy atom. The minimum atomic E-state index is -0.292. The molecule has 0 heterocycles. The third-order valence-corrected chi connectivity index (χ3v) is 5.02. The highest BCUT2D eigenvalue weighted by Gasteiger charge is 2.29.